The van der Waals surface area contributed by atoms with Gasteiger partial charge in [0.25, 0.3) is 0 Å². The largest absolute Gasteiger partial charge is 0.462 e. The van der Waals surface area contributed by atoms with Crippen molar-refractivity contribution in [1.82, 2.24) is 0 Å². The molecule has 8 aromatic carbocycles. The van der Waals surface area contributed by atoms with E-state index in [1.807, 2.05) is 55.5 Å². The molecule has 0 bridgehead atoms. The number of carbonyl (C=O) groups excluding carboxylic acids is 10. The van der Waals surface area contributed by atoms with E-state index in [4.69, 9.17) is 42.6 Å². The molecule has 0 aromatic heterocycles. The molecule has 0 amide bonds. The molecule has 12 atom stereocenters. The van der Waals surface area contributed by atoms with E-state index in [0.717, 1.165) is 0 Å². The Morgan fingerprint density at radius 2 is 0.569 bits per heavy atom. The van der Waals surface area contributed by atoms with E-state index in [9.17, 15) is 43.2 Å². The van der Waals surface area contributed by atoms with Gasteiger partial charge in [0.1, 0.15) is 60.7 Å². The maximum atomic E-state index is 15.4. The molecule has 1 heterocycles. The second-order valence-corrected chi connectivity index (χ2v) is 28.0. The zero-order valence-corrected chi connectivity index (χ0v) is 65.2. The van der Waals surface area contributed by atoms with Gasteiger partial charge in [0.05, 0.1) is 50.9 Å². The molecule has 19 nitrogen and oxygen atoms in total. The van der Waals surface area contributed by atoms with Crippen molar-refractivity contribution in [1.29, 1.82) is 0 Å². The Labute approximate surface area is 677 Å². The van der Waals surface area contributed by atoms with Crippen LogP contribution < -0.4 is 0 Å². The highest BCUT2D eigenvalue weighted by atomic mass is 16.6. The van der Waals surface area contributed by atoms with Gasteiger partial charge in [-0.25, -0.2) is 38.4 Å². The number of rotatable bonds is 16. The molecule has 1 aliphatic rings. The molecule has 9 rings (SSSR count). The van der Waals surface area contributed by atoms with Crippen LogP contribution in [0.5, 0.6) is 0 Å². The zero-order valence-electron chi connectivity index (χ0n) is 65.2. The summed E-state index contributed by atoms with van der Waals surface area (Å²) in [7, 11) is 0. The average Bonchev–Trinajstić information content (AvgIpc) is 0.838. The van der Waals surface area contributed by atoms with Crippen molar-refractivity contribution in [2.45, 2.75) is 140 Å². The van der Waals surface area contributed by atoms with E-state index in [1.165, 1.54) is 24.3 Å². The second-order valence-electron chi connectivity index (χ2n) is 28.0. The van der Waals surface area contributed by atoms with Crippen molar-refractivity contribution in [3.05, 3.63) is 372 Å². The summed E-state index contributed by atoms with van der Waals surface area (Å²) in [4.78, 5) is 144. The molecule has 0 aliphatic carbocycles. The maximum Gasteiger partial charge on any atom is 0.338 e. The normalized spacial score (nSPS) is 23.7. The number of ketones is 1. The summed E-state index contributed by atoms with van der Waals surface area (Å²) < 4.78 is 56.5. The molecule has 1 aliphatic heterocycles. The minimum Gasteiger partial charge on any atom is -0.462 e. The van der Waals surface area contributed by atoms with Gasteiger partial charge in [-0.05, 0) is 129 Å². The van der Waals surface area contributed by atoms with Gasteiger partial charge in [0.2, 0.25) is 0 Å². The lowest BCUT2D eigenvalue weighted by Gasteiger charge is -2.32. The summed E-state index contributed by atoms with van der Waals surface area (Å²) in [6, 6.07) is 65.5. The van der Waals surface area contributed by atoms with Gasteiger partial charge in [-0.1, -0.05) is 245 Å². The van der Waals surface area contributed by atoms with Crippen LogP contribution in [0.4, 0.5) is 0 Å². The van der Waals surface area contributed by atoms with E-state index in [2.05, 4.69) is 0 Å². The van der Waals surface area contributed by atoms with Gasteiger partial charge in [0.15, 0.2) is 0 Å². The van der Waals surface area contributed by atoms with Crippen molar-refractivity contribution in [2.24, 2.45) is 17.8 Å². The predicted octanol–water partition coefficient (Wildman–Crippen LogP) is 18.6. The number of benzene rings is 8. The fourth-order valence-corrected chi connectivity index (χ4v) is 12.8. The molecular weight excluding hydrogens is 1470 g/mol. The van der Waals surface area contributed by atoms with E-state index in [1.54, 1.807) is 276 Å². The van der Waals surface area contributed by atoms with E-state index < -0.39 is 151 Å². The third kappa shape index (κ3) is 29.1. The molecule has 0 fully saturated rings. The number of ether oxygens (including phenoxy) is 9. The van der Waals surface area contributed by atoms with E-state index in [0.29, 0.717) is 5.56 Å². The first-order valence-electron chi connectivity index (χ1n) is 38.8. The van der Waals surface area contributed by atoms with Crippen molar-refractivity contribution in [2.75, 3.05) is 0 Å². The second kappa shape index (κ2) is 46.7. The Bertz CT molecular complexity index is 4700. The lowest BCUT2D eigenvalue weighted by atomic mass is 9.89. The van der Waals surface area contributed by atoms with Crippen LogP contribution in [0.1, 0.15) is 168 Å². The molecule has 116 heavy (non-hydrogen) atoms. The quantitative estimate of drug-likeness (QED) is 0.0643. The summed E-state index contributed by atoms with van der Waals surface area (Å²) in [6.07, 6.45) is 12.0. The smallest absolute Gasteiger partial charge is 0.338 e. The zero-order chi connectivity index (χ0) is 82.2. The minimum absolute atomic E-state index is 0.0197. The van der Waals surface area contributed by atoms with Gasteiger partial charge in [-0.2, -0.15) is 0 Å². The van der Waals surface area contributed by atoms with Crippen LogP contribution in [0.2, 0.25) is 0 Å². The summed E-state index contributed by atoms with van der Waals surface area (Å²) in [5, 5.41) is 0. The van der Waals surface area contributed by atoms with Crippen LogP contribution >= 0.6 is 0 Å². The predicted molar refractivity (Wildman–Crippen MR) is 439 cm³/mol. The fraction of sp³-hybridized carbons (Fsp3) is 0.258. The SMILES string of the molecule is C[C@@H]1[C@@H](OC(=O)c2ccccc2)CC(=O)C[C@@H](OC(=O)c2ccccc2)C[C@@H](OC(=O)c2ccccc2)CCC[C@@H](OC(=O)c2ccccc2)C[C@@H](OC(=O)c2ccccc2)CC(=O)O[C@@H](C)[C@H](C)[C@H](OC(=O)c2ccccc2)[C@@H](C)/C=C/C=C/C=C/C=C/C=C/C=C/C=C/[C@H](OC(=O)c2ccccc2)C[C@@H]1OC(=O)c1ccccc1. The topological polar surface area (TPSA) is 254 Å². The first kappa shape index (κ1) is 86.8. The Morgan fingerprint density at radius 1 is 0.284 bits per heavy atom. The van der Waals surface area contributed by atoms with Crippen LogP contribution in [0.3, 0.4) is 0 Å². The minimum atomic E-state index is -1.41. The number of esters is 9. The van der Waals surface area contributed by atoms with Gasteiger partial charge >= 0.3 is 53.7 Å². The third-order valence-corrected chi connectivity index (χ3v) is 19.3. The molecule has 0 unspecified atom stereocenters. The third-order valence-electron chi connectivity index (χ3n) is 19.3. The van der Waals surface area contributed by atoms with Gasteiger partial charge < -0.3 is 42.6 Å². The summed E-state index contributed by atoms with van der Waals surface area (Å²) in [5.41, 5.74) is 1.49. The molecule has 8 aromatic rings. The Balaban J connectivity index is 1.11. The van der Waals surface area contributed by atoms with Crippen molar-refractivity contribution >= 4 is 59.5 Å². The summed E-state index contributed by atoms with van der Waals surface area (Å²) in [5.74, 6) is -9.56. The standard InChI is InChI=1S/C97H96O19/c1-68-42-23-13-11-9-7-5-6-8-10-12-14-40-59-83(111-92(102)74-47-28-17-29-48-74)66-87(115-96(106)78-55-36-21-37-56-78)70(3)86(114-95(105)77-53-34-20-35-54-77)63-80(98)62-84(112-93(103)75-49-30-18-31-50-75)64-81(109-90(100)72-43-24-15-25-44-72)60-41-61-82(110-91(101)73-45-26-16-27-46-73)65-85(113-94(104)76-51-32-19-33-52-76)67-88(99)108-71(4)69(2)89(68)116-97(107)79-57-38-22-39-58-79/h5-40,42-59,68-71,81-87,89H,41,60-67H2,1-4H3/b6-5+,9-7+,10-8+,13-11+,14-12+,42-23+,59-40+/t68-,69-,70+,71-,81-,82+,83-,84+,85+,86-,87-,89+/m0/s1. The first-order valence-corrected chi connectivity index (χ1v) is 38.8. The lowest BCUT2D eigenvalue weighted by Crippen LogP contribution is -2.40. The average molecular weight is 1570 g/mol. The highest BCUT2D eigenvalue weighted by Crippen LogP contribution is 2.31. The van der Waals surface area contributed by atoms with Crippen LogP contribution in [-0.2, 0) is 52.2 Å². The molecule has 598 valence electrons. The number of hydrogen-bond acceptors (Lipinski definition) is 19. The Morgan fingerprint density at radius 3 is 0.922 bits per heavy atom. The molecule has 19 heteroatoms. The van der Waals surface area contributed by atoms with Crippen molar-refractivity contribution < 1.29 is 90.6 Å². The first-order chi connectivity index (χ1) is 56.3. The summed E-state index contributed by atoms with van der Waals surface area (Å²) >= 11 is 0. The number of hydrogen-bond donors (Lipinski definition) is 0. The van der Waals surface area contributed by atoms with E-state index >= 15 is 4.79 Å². The van der Waals surface area contributed by atoms with Crippen molar-refractivity contribution in [3.8, 4) is 0 Å². The highest BCUT2D eigenvalue weighted by molar-refractivity contribution is 5.94. The van der Waals surface area contributed by atoms with Crippen LogP contribution in [0.15, 0.2) is 328 Å². The number of carbonyl (C=O) groups is 10. The van der Waals surface area contributed by atoms with Gasteiger partial charge in [0, 0.05) is 49.9 Å². The maximum absolute atomic E-state index is 15.4. The molecule has 0 saturated heterocycles. The van der Waals surface area contributed by atoms with E-state index in [-0.39, 0.29) is 77.5 Å². The monoisotopic (exact) mass is 1560 g/mol. The Kier molecular flexibility index (Phi) is 35.0. The number of cyclic esters (lactones) is 1. The van der Waals surface area contributed by atoms with Crippen LogP contribution in [0.25, 0.3) is 0 Å². The fourth-order valence-electron chi connectivity index (χ4n) is 12.8. The van der Waals surface area contributed by atoms with Crippen LogP contribution in [-0.4, -0.2) is 114 Å². The van der Waals surface area contributed by atoms with Gasteiger partial charge in [-0.15, -0.1) is 0 Å². The van der Waals surface area contributed by atoms with Gasteiger partial charge in [-0.3, -0.25) is 9.59 Å². The molecule has 0 radical (unpaired) electrons. The molecule has 0 N–H and O–H groups in total. The molecule has 0 saturated carbocycles. The summed E-state index contributed by atoms with van der Waals surface area (Å²) in [6.45, 7) is 7.00. The van der Waals surface area contributed by atoms with Crippen LogP contribution in [0, 0.1) is 17.8 Å². The number of Topliss-reactive ketones (excluding diaryl/α,β-unsaturated/α-hetero) is 1. The lowest BCUT2D eigenvalue weighted by molar-refractivity contribution is -0.155. The molecule has 0 spiro atoms. The highest BCUT2D eigenvalue weighted by Gasteiger charge is 2.39. The molecular formula is C97H96O19. The number of allylic oxidation sites excluding steroid dienone is 12. The van der Waals surface area contributed by atoms with Crippen molar-refractivity contribution in [3.63, 3.8) is 0 Å². The Hall–Kier alpha value is -13.2.